The zero-order valence-electron chi connectivity index (χ0n) is 15.9. The van der Waals surface area contributed by atoms with Gasteiger partial charge in [0.2, 0.25) is 0 Å². The summed E-state index contributed by atoms with van der Waals surface area (Å²) in [4.78, 5) is 0. The van der Waals surface area contributed by atoms with Crippen LogP contribution in [0.4, 0.5) is 0 Å². The fraction of sp³-hybridized carbons (Fsp3) is 0.565. The van der Waals surface area contributed by atoms with Gasteiger partial charge in [-0.3, -0.25) is 0 Å². The van der Waals surface area contributed by atoms with E-state index in [0.717, 1.165) is 42.6 Å². The lowest BCUT2D eigenvalue weighted by Crippen LogP contribution is -2.31. The first-order chi connectivity index (χ1) is 12.5. The van der Waals surface area contributed by atoms with E-state index >= 15 is 0 Å². The molecule has 0 saturated heterocycles. The summed E-state index contributed by atoms with van der Waals surface area (Å²) >= 11 is 0. The molecule has 0 heterocycles. The van der Waals surface area contributed by atoms with Crippen LogP contribution >= 0.6 is 0 Å². The zero-order chi connectivity index (χ0) is 18.7. The van der Waals surface area contributed by atoms with E-state index in [-0.39, 0.29) is 5.41 Å². The standard InChI is InChI=1S/C23H30O3/c1-4-5-13-26-22-11-10-20-17(7-6-12-23(20,22)3)8-9-18-14-19(24)15-21(25)16(18)2/h8-9,11,19-21,24-25H,2,6-7,10,12-15H2,1,3H3/b17-8+,18-9-/t19-,20+,21+,23+/m1/s1. The zero-order valence-corrected chi connectivity index (χ0v) is 15.9. The molecule has 0 aromatic rings. The predicted molar refractivity (Wildman–Crippen MR) is 104 cm³/mol. The summed E-state index contributed by atoms with van der Waals surface area (Å²) in [6, 6.07) is 0. The van der Waals surface area contributed by atoms with Gasteiger partial charge in [0.05, 0.1) is 18.0 Å². The average Bonchev–Trinajstić information content (AvgIpc) is 2.94. The van der Waals surface area contributed by atoms with E-state index in [1.165, 1.54) is 5.57 Å². The Bertz CT molecular complexity index is 715. The monoisotopic (exact) mass is 354 g/mol. The molecule has 0 unspecified atom stereocenters. The molecule has 0 spiro atoms. The Balaban J connectivity index is 1.77. The number of aliphatic hydroxyl groups is 2. The molecule has 3 heteroatoms. The van der Waals surface area contributed by atoms with Gasteiger partial charge in [0, 0.05) is 11.8 Å². The summed E-state index contributed by atoms with van der Waals surface area (Å²) in [5.41, 5.74) is 3.21. The Labute approximate surface area is 157 Å². The van der Waals surface area contributed by atoms with E-state index in [9.17, 15) is 10.2 Å². The van der Waals surface area contributed by atoms with Crippen LogP contribution in [0.3, 0.4) is 0 Å². The van der Waals surface area contributed by atoms with Gasteiger partial charge >= 0.3 is 0 Å². The molecule has 0 aromatic heterocycles. The van der Waals surface area contributed by atoms with Crippen molar-refractivity contribution < 1.29 is 14.9 Å². The van der Waals surface area contributed by atoms with Crippen LogP contribution < -0.4 is 0 Å². The third kappa shape index (κ3) is 3.68. The minimum Gasteiger partial charge on any atom is -0.485 e. The lowest BCUT2D eigenvalue weighted by molar-refractivity contribution is 0.0862. The minimum atomic E-state index is -0.632. The van der Waals surface area contributed by atoms with Crippen LogP contribution in [0.5, 0.6) is 0 Å². The highest BCUT2D eigenvalue weighted by molar-refractivity contribution is 5.39. The number of ether oxygens (including phenoxy) is 1. The van der Waals surface area contributed by atoms with Gasteiger partial charge in [-0.05, 0) is 62.2 Å². The van der Waals surface area contributed by atoms with Gasteiger partial charge in [0.1, 0.15) is 6.61 Å². The van der Waals surface area contributed by atoms with Gasteiger partial charge in [-0.2, -0.15) is 0 Å². The van der Waals surface area contributed by atoms with Crippen LogP contribution in [-0.4, -0.2) is 29.0 Å². The largest absolute Gasteiger partial charge is 0.485 e. The maximum absolute atomic E-state index is 10.0. The molecule has 4 atom stereocenters. The Morgan fingerprint density at radius 3 is 2.96 bits per heavy atom. The van der Waals surface area contributed by atoms with Crippen molar-refractivity contribution in [3.63, 3.8) is 0 Å². The van der Waals surface area contributed by atoms with Crippen molar-refractivity contribution in [3.8, 4) is 11.8 Å². The fourth-order valence-corrected chi connectivity index (χ4v) is 4.66. The van der Waals surface area contributed by atoms with Crippen molar-refractivity contribution in [1.82, 2.24) is 0 Å². The van der Waals surface area contributed by atoms with E-state index in [4.69, 9.17) is 4.74 Å². The first-order valence-corrected chi connectivity index (χ1v) is 9.63. The summed E-state index contributed by atoms with van der Waals surface area (Å²) in [6.45, 7) is 8.61. The molecule has 0 aromatic carbocycles. The van der Waals surface area contributed by atoms with Crippen LogP contribution in [0, 0.1) is 23.2 Å². The molecule has 3 nitrogen and oxygen atoms in total. The van der Waals surface area contributed by atoms with Gasteiger partial charge in [-0.1, -0.05) is 37.1 Å². The van der Waals surface area contributed by atoms with Gasteiger partial charge in [0.15, 0.2) is 0 Å². The highest BCUT2D eigenvalue weighted by Crippen LogP contribution is 2.54. The number of aliphatic hydroxyl groups excluding tert-OH is 2. The Hall–Kier alpha value is -1.76. The number of allylic oxidation sites excluding steroid dienone is 5. The fourth-order valence-electron chi connectivity index (χ4n) is 4.66. The van der Waals surface area contributed by atoms with E-state index in [2.05, 4.69) is 43.6 Å². The van der Waals surface area contributed by atoms with Gasteiger partial charge in [-0.25, -0.2) is 0 Å². The Morgan fingerprint density at radius 2 is 2.19 bits per heavy atom. The molecule has 2 saturated carbocycles. The highest BCUT2D eigenvalue weighted by atomic mass is 16.5. The van der Waals surface area contributed by atoms with Crippen LogP contribution in [-0.2, 0) is 4.74 Å². The van der Waals surface area contributed by atoms with Crippen molar-refractivity contribution >= 4 is 0 Å². The summed E-state index contributed by atoms with van der Waals surface area (Å²) in [5.74, 6) is 7.42. The molecule has 26 heavy (non-hydrogen) atoms. The molecule has 0 bridgehead atoms. The molecule has 0 amide bonds. The van der Waals surface area contributed by atoms with Crippen molar-refractivity contribution in [3.05, 3.63) is 47.3 Å². The Kier molecular flexibility index (Phi) is 5.75. The average molecular weight is 354 g/mol. The second kappa shape index (κ2) is 7.86. The number of hydrogen-bond donors (Lipinski definition) is 2. The lowest BCUT2D eigenvalue weighted by Gasteiger charge is -2.40. The molecule has 3 aliphatic rings. The maximum Gasteiger partial charge on any atom is 0.148 e. The molecule has 0 aliphatic heterocycles. The topological polar surface area (TPSA) is 49.7 Å². The van der Waals surface area contributed by atoms with Crippen LogP contribution in [0.15, 0.2) is 47.3 Å². The first kappa shape index (κ1) is 19.0. The smallest absolute Gasteiger partial charge is 0.148 e. The molecular formula is C23H30O3. The maximum atomic E-state index is 10.0. The van der Waals surface area contributed by atoms with Gasteiger partial charge in [-0.15, -0.1) is 5.92 Å². The second-order valence-electron chi connectivity index (χ2n) is 7.91. The van der Waals surface area contributed by atoms with E-state index in [0.29, 0.717) is 25.4 Å². The molecule has 140 valence electrons. The van der Waals surface area contributed by atoms with Gasteiger partial charge in [0.25, 0.3) is 0 Å². The second-order valence-corrected chi connectivity index (χ2v) is 7.91. The minimum absolute atomic E-state index is 0.0562. The molecule has 2 N–H and O–H groups in total. The molecule has 3 aliphatic carbocycles. The molecular weight excluding hydrogens is 324 g/mol. The van der Waals surface area contributed by atoms with Crippen molar-refractivity contribution in [2.45, 2.75) is 64.6 Å². The normalized spacial score (nSPS) is 37.2. The van der Waals surface area contributed by atoms with E-state index in [1.807, 2.05) is 6.92 Å². The number of rotatable bonds is 3. The quantitative estimate of drug-likeness (QED) is 0.752. The van der Waals surface area contributed by atoms with Crippen LogP contribution in [0.25, 0.3) is 0 Å². The third-order valence-electron chi connectivity index (χ3n) is 6.22. The molecule has 3 rings (SSSR count). The molecule has 2 fully saturated rings. The van der Waals surface area contributed by atoms with E-state index < -0.39 is 12.2 Å². The summed E-state index contributed by atoms with van der Waals surface area (Å²) in [5, 5.41) is 20.0. The SMILES string of the molecule is C=C1/C(=C\C=C2/CCC[C@]3(C)C(OCC#CC)=CC[C@@H]23)C[C@@H](O)C[C@@H]1O. The van der Waals surface area contributed by atoms with Crippen molar-refractivity contribution in [1.29, 1.82) is 0 Å². The lowest BCUT2D eigenvalue weighted by atomic mass is 9.66. The number of fused-ring (bicyclic) bond motifs is 1. The predicted octanol–water partition coefficient (Wildman–Crippen LogP) is 4.04. The summed E-state index contributed by atoms with van der Waals surface area (Å²) in [6.07, 6.45) is 10.7. The summed E-state index contributed by atoms with van der Waals surface area (Å²) in [7, 11) is 0. The highest BCUT2D eigenvalue weighted by Gasteiger charge is 2.46. The van der Waals surface area contributed by atoms with Crippen molar-refractivity contribution in [2.75, 3.05) is 6.61 Å². The van der Waals surface area contributed by atoms with Crippen molar-refractivity contribution in [2.24, 2.45) is 11.3 Å². The van der Waals surface area contributed by atoms with E-state index in [1.54, 1.807) is 0 Å². The molecule has 0 radical (unpaired) electrons. The third-order valence-corrected chi connectivity index (χ3v) is 6.22. The van der Waals surface area contributed by atoms with Gasteiger partial charge < -0.3 is 14.9 Å². The van der Waals surface area contributed by atoms with Crippen LogP contribution in [0.1, 0.15) is 52.4 Å². The summed E-state index contributed by atoms with van der Waals surface area (Å²) < 4.78 is 5.97. The Morgan fingerprint density at radius 1 is 1.38 bits per heavy atom. The number of hydrogen-bond acceptors (Lipinski definition) is 3. The van der Waals surface area contributed by atoms with Crippen LogP contribution in [0.2, 0.25) is 0 Å². The first-order valence-electron chi connectivity index (χ1n) is 9.63.